The molecule has 3 heterocycles. The van der Waals surface area contributed by atoms with E-state index in [0.29, 0.717) is 6.61 Å². The summed E-state index contributed by atoms with van der Waals surface area (Å²) < 4.78 is 11.0. The highest BCUT2D eigenvalue weighted by Gasteiger charge is 2.23. The van der Waals surface area contributed by atoms with Crippen LogP contribution in [0.4, 0.5) is 5.82 Å². The van der Waals surface area contributed by atoms with Crippen molar-refractivity contribution in [3.8, 4) is 0 Å². The van der Waals surface area contributed by atoms with Crippen LogP contribution in [-0.4, -0.2) is 41.8 Å². The Bertz CT molecular complexity index is 599. The number of anilines is 1. The van der Waals surface area contributed by atoms with Gasteiger partial charge in [0.25, 0.3) is 0 Å². The highest BCUT2D eigenvalue weighted by atomic mass is 16.5. The lowest BCUT2D eigenvalue weighted by Crippen LogP contribution is -2.38. The number of pyridine rings is 1. The van der Waals surface area contributed by atoms with Gasteiger partial charge in [-0.05, 0) is 19.1 Å². The van der Waals surface area contributed by atoms with Gasteiger partial charge in [-0.25, -0.2) is 4.98 Å². The lowest BCUT2D eigenvalue weighted by molar-refractivity contribution is -0.0355. The van der Waals surface area contributed by atoms with Gasteiger partial charge in [0.05, 0.1) is 18.0 Å². The van der Waals surface area contributed by atoms with Gasteiger partial charge in [0.1, 0.15) is 17.7 Å². The zero-order chi connectivity index (χ0) is 14.7. The van der Waals surface area contributed by atoms with E-state index in [1.807, 2.05) is 38.2 Å². The molecule has 1 saturated heterocycles. The molecular weight excluding hydrogens is 268 g/mol. The molecule has 6 heteroatoms. The number of hydrogen-bond donors (Lipinski definition) is 1. The Kier molecular flexibility index (Phi) is 4.17. The minimum Gasteiger partial charge on any atom is -0.373 e. The second-order valence-electron chi connectivity index (χ2n) is 5.22. The summed E-state index contributed by atoms with van der Waals surface area (Å²) in [5.41, 5.74) is 1.92. The van der Waals surface area contributed by atoms with Crippen LogP contribution >= 0.6 is 0 Å². The molecule has 3 rings (SSSR count). The fourth-order valence-electron chi connectivity index (χ4n) is 2.52. The third kappa shape index (κ3) is 3.40. The van der Waals surface area contributed by atoms with E-state index in [2.05, 4.69) is 20.4 Å². The first kappa shape index (κ1) is 14.0. The van der Waals surface area contributed by atoms with Crippen molar-refractivity contribution in [3.63, 3.8) is 0 Å². The molecule has 0 amide bonds. The van der Waals surface area contributed by atoms with Crippen LogP contribution in [0.3, 0.4) is 0 Å². The van der Waals surface area contributed by atoms with Gasteiger partial charge < -0.3 is 14.6 Å². The summed E-state index contributed by atoms with van der Waals surface area (Å²) in [7, 11) is 1.87. The van der Waals surface area contributed by atoms with E-state index in [1.165, 1.54) is 0 Å². The van der Waals surface area contributed by atoms with Crippen molar-refractivity contribution in [2.75, 3.05) is 32.1 Å². The maximum absolute atomic E-state index is 5.86. The SMILES string of the molecule is CNc1cccc([C@@H]2CN(Cc3cc(C)on3)CCO2)n1. The van der Waals surface area contributed by atoms with Crippen LogP contribution < -0.4 is 5.32 Å². The lowest BCUT2D eigenvalue weighted by atomic mass is 10.2. The first-order valence-electron chi connectivity index (χ1n) is 7.15. The normalized spacial score (nSPS) is 19.6. The van der Waals surface area contributed by atoms with E-state index in [-0.39, 0.29) is 6.10 Å². The minimum absolute atomic E-state index is 0.0000444. The average Bonchev–Trinajstić information content (AvgIpc) is 2.93. The van der Waals surface area contributed by atoms with Crippen LogP contribution in [0.5, 0.6) is 0 Å². The number of ether oxygens (including phenoxy) is 1. The highest BCUT2D eigenvalue weighted by molar-refractivity contribution is 5.34. The van der Waals surface area contributed by atoms with Crippen molar-refractivity contribution in [1.82, 2.24) is 15.0 Å². The molecule has 0 aliphatic carbocycles. The van der Waals surface area contributed by atoms with Crippen molar-refractivity contribution in [2.24, 2.45) is 0 Å². The van der Waals surface area contributed by atoms with Gasteiger partial charge in [-0.1, -0.05) is 11.2 Å². The second-order valence-corrected chi connectivity index (χ2v) is 5.22. The topological polar surface area (TPSA) is 63.4 Å². The molecule has 0 radical (unpaired) electrons. The Balaban J connectivity index is 1.67. The summed E-state index contributed by atoms with van der Waals surface area (Å²) in [5, 5.41) is 7.11. The average molecular weight is 288 g/mol. The van der Waals surface area contributed by atoms with E-state index >= 15 is 0 Å². The summed E-state index contributed by atoms with van der Waals surface area (Å²) in [6, 6.07) is 7.93. The van der Waals surface area contributed by atoms with Gasteiger partial charge in [0.2, 0.25) is 0 Å². The Morgan fingerprint density at radius 1 is 1.43 bits per heavy atom. The number of morpholine rings is 1. The summed E-state index contributed by atoms with van der Waals surface area (Å²) in [5.74, 6) is 1.71. The standard InChI is InChI=1S/C15H20N4O2/c1-11-8-12(18-21-11)9-19-6-7-20-14(10-19)13-4-3-5-15(16-2)17-13/h3-5,8,14H,6-7,9-10H2,1-2H3,(H,16,17)/t14-/m0/s1. The zero-order valence-electron chi connectivity index (χ0n) is 12.4. The molecule has 0 unspecified atom stereocenters. The van der Waals surface area contributed by atoms with Crippen LogP contribution in [0, 0.1) is 6.92 Å². The van der Waals surface area contributed by atoms with Gasteiger partial charge in [0.15, 0.2) is 0 Å². The van der Waals surface area contributed by atoms with Crippen LogP contribution in [0.2, 0.25) is 0 Å². The summed E-state index contributed by atoms with van der Waals surface area (Å²) in [6.07, 6.45) is 0.0000444. The molecule has 1 N–H and O–H groups in total. The first-order valence-corrected chi connectivity index (χ1v) is 7.15. The van der Waals surface area contributed by atoms with Crippen LogP contribution in [0.15, 0.2) is 28.8 Å². The molecule has 0 saturated carbocycles. The Labute approximate surface area is 124 Å². The predicted octanol–water partition coefficient (Wildman–Crippen LogP) is 1.99. The second kappa shape index (κ2) is 6.24. The minimum atomic E-state index is 0.0000444. The largest absolute Gasteiger partial charge is 0.373 e. The summed E-state index contributed by atoms with van der Waals surface area (Å²) >= 11 is 0. The number of rotatable bonds is 4. The molecule has 0 spiro atoms. The lowest BCUT2D eigenvalue weighted by Gasteiger charge is -2.32. The molecule has 1 aliphatic rings. The number of nitrogens with one attached hydrogen (secondary N) is 1. The van der Waals surface area contributed by atoms with Gasteiger partial charge in [0, 0.05) is 32.7 Å². The monoisotopic (exact) mass is 288 g/mol. The Hall–Kier alpha value is -1.92. The Morgan fingerprint density at radius 3 is 3.10 bits per heavy atom. The van der Waals surface area contributed by atoms with E-state index < -0.39 is 0 Å². The van der Waals surface area contributed by atoms with Crippen molar-refractivity contribution >= 4 is 5.82 Å². The highest BCUT2D eigenvalue weighted by Crippen LogP contribution is 2.22. The van der Waals surface area contributed by atoms with Crippen LogP contribution in [-0.2, 0) is 11.3 Å². The molecule has 0 aromatic carbocycles. The van der Waals surface area contributed by atoms with Gasteiger partial charge in [-0.3, -0.25) is 4.90 Å². The van der Waals surface area contributed by atoms with Crippen molar-refractivity contribution in [1.29, 1.82) is 0 Å². The number of aromatic nitrogens is 2. The summed E-state index contributed by atoms with van der Waals surface area (Å²) in [4.78, 5) is 6.88. The third-order valence-corrected chi connectivity index (χ3v) is 3.57. The van der Waals surface area contributed by atoms with E-state index in [1.54, 1.807) is 0 Å². The maximum Gasteiger partial charge on any atom is 0.133 e. The molecular formula is C15H20N4O2. The molecule has 1 fully saturated rings. The maximum atomic E-state index is 5.86. The fourth-order valence-corrected chi connectivity index (χ4v) is 2.52. The van der Waals surface area contributed by atoms with E-state index in [9.17, 15) is 0 Å². The van der Waals surface area contributed by atoms with Crippen molar-refractivity contribution < 1.29 is 9.26 Å². The van der Waals surface area contributed by atoms with Crippen LogP contribution in [0.25, 0.3) is 0 Å². The predicted molar refractivity (Wildman–Crippen MR) is 79.0 cm³/mol. The third-order valence-electron chi connectivity index (χ3n) is 3.57. The van der Waals surface area contributed by atoms with Crippen LogP contribution in [0.1, 0.15) is 23.3 Å². The van der Waals surface area contributed by atoms with E-state index in [4.69, 9.17) is 9.26 Å². The van der Waals surface area contributed by atoms with Crippen molar-refractivity contribution in [3.05, 3.63) is 41.4 Å². The van der Waals surface area contributed by atoms with Gasteiger partial charge >= 0.3 is 0 Å². The molecule has 6 nitrogen and oxygen atoms in total. The van der Waals surface area contributed by atoms with Gasteiger partial charge in [-0.15, -0.1) is 0 Å². The number of nitrogens with zero attached hydrogens (tertiary/aromatic N) is 3. The molecule has 112 valence electrons. The number of hydrogen-bond acceptors (Lipinski definition) is 6. The quantitative estimate of drug-likeness (QED) is 0.928. The Morgan fingerprint density at radius 2 is 2.33 bits per heavy atom. The number of aryl methyl sites for hydroxylation is 1. The molecule has 2 aromatic rings. The van der Waals surface area contributed by atoms with E-state index in [0.717, 1.165) is 42.6 Å². The fraction of sp³-hybridized carbons (Fsp3) is 0.467. The van der Waals surface area contributed by atoms with Crippen molar-refractivity contribution in [2.45, 2.75) is 19.6 Å². The molecule has 0 bridgehead atoms. The zero-order valence-corrected chi connectivity index (χ0v) is 12.4. The molecule has 21 heavy (non-hydrogen) atoms. The molecule has 2 aromatic heterocycles. The smallest absolute Gasteiger partial charge is 0.133 e. The first-order chi connectivity index (χ1) is 10.2. The van der Waals surface area contributed by atoms with Gasteiger partial charge in [-0.2, -0.15) is 0 Å². The molecule has 1 aliphatic heterocycles. The molecule has 1 atom stereocenters. The summed E-state index contributed by atoms with van der Waals surface area (Å²) in [6.45, 7) is 5.10.